The maximum absolute atomic E-state index is 11.4. The molecule has 78 valence electrons. The first-order valence-corrected chi connectivity index (χ1v) is 5.41. The van der Waals surface area contributed by atoms with Crippen LogP contribution in [0.1, 0.15) is 0 Å². The van der Waals surface area contributed by atoms with Gasteiger partial charge in [-0.3, -0.25) is 4.72 Å². The minimum atomic E-state index is -3.44. The van der Waals surface area contributed by atoms with Crippen LogP contribution in [0.5, 0.6) is 0 Å². The molecule has 0 amide bonds. The third kappa shape index (κ3) is 2.61. The van der Waals surface area contributed by atoms with E-state index in [0.717, 1.165) is 4.31 Å². The molecule has 6 heteroatoms. The number of hydrogen-bond donors (Lipinski definition) is 2. The van der Waals surface area contributed by atoms with E-state index in [-0.39, 0.29) is 0 Å². The lowest BCUT2D eigenvalue weighted by Crippen LogP contribution is -2.28. The summed E-state index contributed by atoms with van der Waals surface area (Å²) in [5.41, 5.74) is 6.48. The van der Waals surface area contributed by atoms with Gasteiger partial charge >= 0.3 is 10.2 Å². The van der Waals surface area contributed by atoms with Crippen LogP contribution in [-0.4, -0.2) is 26.8 Å². The van der Waals surface area contributed by atoms with Crippen molar-refractivity contribution < 1.29 is 8.42 Å². The number of nitrogen functional groups attached to an aromatic ring is 1. The maximum atomic E-state index is 11.4. The second kappa shape index (κ2) is 3.85. The van der Waals surface area contributed by atoms with E-state index in [1.54, 1.807) is 24.3 Å². The second-order valence-electron chi connectivity index (χ2n) is 3.01. The fraction of sp³-hybridized carbons (Fsp3) is 0.250. The first-order valence-electron chi connectivity index (χ1n) is 3.97. The van der Waals surface area contributed by atoms with Crippen molar-refractivity contribution >= 4 is 21.6 Å². The quantitative estimate of drug-likeness (QED) is 0.720. The summed E-state index contributed by atoms with van der Waals surface area (Å²) in [7, 11) is -0.534. The van der Waals surface area contributed by atoms with Gasteiger partial charge in [0, 0.05) is 19.8 Å². The molecule has 0 aliphatic carbocycles. The van der Waals surface area contributed by atoms with E-state index >= 15 is 0 Å². The third-order valence-corrected chi connectivity index (χ3v) is 3.07. The third-order valence-electron chi connectivity index (χ3n) is 1.61. The van der Waals surface area contributed by atoms with Crippen molar-refractivity contribution in [2.75, 3.05) is 24.6 Å². The number of hydrogen-bond acceptors (Lipinski definition) is 3. The van der Waals surface area contributed by atoms with Gasteiger partial charge in [-0.2, -0.15) is 12.7 Å². The van der Waals surface area contributed by atoms with Gasteiger partial charge in [-0.25, -0.2) is 0 Å². The molecule has 1 aromatic rings. The van der Waals surface area contributed by atoms with Gasteiger partial charge in [0.15, 0.2) is 0 Å². The minimum Gasteiger partial charge on any atom is -0.399 e. The molecule has 1 rings (SSSR count). The molecule has 0 aliphatic heterocycles. The lowest BCUT2D eigenvalue weighted by Gasteiger charge is -2.13. The predicted molar refractivity (Wildman–Crippen MR) is 57.1 cm³/mol. The highest BCUT2D eigenvalue weighted by Gasteiger charge is 2.12. The Bertz CT molecular complexity index is 414. The Kier molecular flexibility index (Phi) is 2.97. The molecule has 0 spiro atoms. The Morgan fingerprint density at radius 2 is 2.00 bits per heavy atom. The zero-order valence-corrected chi connectivity index (χ0v) is 8.88. The van der Waals surface area contributed by atoms with E-state index in [0.29, 0.717) is 11.4 Å². The van der Waals surface area contributed by atoms with Crippen LogP contribution >= 0.6 is 0 Å². The van der Waals surface area contributed by atoms with Crippen LogP contribution in [-0.2, 0) is 10.2 Å². The number of nitrogens with zero attached hydrogens (tertiary/aromatic N) is 1. The van der Waals surface area contributed by atoms with Crippen LogP contribution < -0.4 is 10.5 Å². The van der Waals surface area contributed by atoms with Gasteiger partial charge in [-0.05, 0) is 18.2 Å². The summed E-state index contributed by atoms with van der Waals surface area (Å²) in [6, 6.07) is 6.56. The lowest BCUT2D eigenvalue weighted by atomic mass is 10.3. The Balaban J connectivity index is 2.90. The predicted octanol–water partition coefficient (Wildman–Crippen LogP) is 0.487. The molecule has 5 nitrogen and oxygen atoms in total. The van der Waals surface area contributed by atoms with Gasteiger partial charge in [0.05, 0.1) is 5.69 Å². The molecule has 0 radical (unpaired) electrons. The smallest absolute Gasteiger partial charge is 0.301 e. The molecule has 0 unspecified atom stereocenters. The normalized spacial score (nSPS) is 11.6. The number of nitrogens with one attached hydrogen (secondary N) is 1. The molecule has 0 heterocycles. The SMILES string of the molecule is CN(C)S(=O)(=O)Nc1cccc(N)c1. The number of benzene rings is 1. The zero-order chi connectivity index (χ0) is 10.8. The van der Waals surface area contributed by atoms with Gasteiger partial charge < -0.3 is 5.73 Å². The van der Waals surface area contributed by atoms with E-state index in [9.17, 15) is 8.42 Å². The van der Waals surface area contributed by atoms with Crippen LogP contribution in [0.15, 0.2) is 24.3 Å². The second-order valence-corrected chi connectivity index (χ2v) is 4.90. The van der Waals surface area contributed by atoms with Crippen LogP contribution in [0.4, 0.5) is 11.4 Å². The molecule has 0 saturated carbocycles. The van der Waals surface area contributed by atoms with Crippen molar-refractivity contribution in [3.8, 4) is 0 Å². The largest absolute Gasteiger partial charge is 0.399 e. The molecule has 3 N–H and O–H groups in total. The van der Waals surface area contributed by atoms with E-state index in [4.69, 9.17) is 5.73 Å². The highest BCUT2D eigenvalue weighted by Crippen LogP contribution is 2.13. The van der Waals surface area contributed by atoms with Crippen molar-refractivity contribution in [3.63, 3.8) is 0 Å². The monoisotopic (exact) mass is 215 g/mol. The maximum Gasteiger partial charge on any atom is 0.301 e. The van der Waals surface area contributed by atoms with Gasteiger partial charge in [0.1, 0.15) is 0 Å². The number of rotatable bonds is 3. The minimum absolute atomic E-state index is 0.457. The summed E-state index contributed by atoms with van der Waals surface area (Å²) in [5, 5.41) is 0. The van der Waals surface area contributed by atoms with E-state index in [1.807, 2.05) is 0 Å². The molecule has 0 fully saturated rings. The molecular weight excluding hydrogens is 202 g/mol. The summed E-state index contributed by atoms with van der Waals surface area (Å²) >= 11 is 0. The molecule has 0 saturated heterocycles. The van der Waals surface area contributed by atoms with Crippen molar-refractivity contribution in [2.24, 2.45) is 0 Å². The van der Waals surface area contributed by atoms with Gasteiger partial charge in [-0.1, -0.05) is 6.07 Å². The van der Waals surface area contributed by atoms with E-state index in [2.05, 4.69) is 4.72 Å². The molecule has 0 bridgehead atoms. The Hall–Kier alpha value is -1.27. The summed E-state index contributed by atoms with van der Waals surface area (Å²) in [5.74, 6) is 0. The van der Waals surface area contributed by atoms with Crippen molar-refractivity contribution in [1.29, 1.82) is 0 Å². The van der Waals surface area contributed by atoms with Crippen LogP contribution in [0, 0.1) is 0 Å². The van der Waals surface area contributed by atoms with E-state index in [1.165, 1.54) is 14.1 Å². The lowest BCUT2D eigenvalue weighted by molar-refractivity contribution is 0.527. The Morgan fingerprint density at radius 1 is 1.36 bits per heavy atom. The van der Waals surface area contributed by atoms with Crippen molar-refractivity contribution in [2.45, 2.75) is 0 Å². The first-order chi connectivity index (χ1) is 6.42. The zero-order valence-electron chi connectivity index (χ0n) is 8.06. The highest BCUT2D eigenvalue weighted by molar-refractivity contribution is 7.90. The topological polar surface area (TPSA) is 75.4 Å². The fourth-order valence-corrected chi connectivity index (χ4v) is 1.45. The summed E-state index contributed by atoms with van der Waals surface area (Å²) in [6.45, 7) is 0. The van der Waals surface area contributed by atoms with Crippen LogP contribution in [0.2, 0.25) is 0 Å². The van der Waals surface area contributed by atoms with Gasteiger partial charge in [-0.15, -0.1) is 0 Å². The molecule has 0 aliphatic rings. The summed E-state index contributed by atoms with van der Waals surface area (Å²) in [6.07, 6.45) is 0. The average molecular weight is 215 g/mol. The number of anilines is 2. The first kappa shape index (κ1) is 10.8. The summed E-state index contributed by atoms with van der Waals surface area (Å²) < 4.78 is 26.2. The molecule has 1 aromatic carbocycles. The molecular formula is C8H13N3O2S. The molecule has 0 aromatic heterocycles. The van der Waals surface area contributed by atoms with Crippen molar-refractivity contribution in [3.05, 3.63) is 24.3 Å². The summed E-state index contributed by atoms with van der Waals surface area (Å²) in [4.78, 5) is 0. The van der Waals surface area contributed by atoms with Gasteiger partial charge in [0.25, 0.3) is 0 Å². The Morgan fingerprint density at radius 3 is 2.50 bits per heavy atom. The van der Waals surface area contributed by atoms with Crippen molar-refractivity contribution in [1.82, 2.24) is 4.31 Å². The standard InChI is InChI=1S/C8H13N3O2S/c1-11(2)14(12,13)10-8-5-3-4-7(9)6-8/h3-6,10H,9H2,1-2H3. The fourth-order valence-electron chi connectivity index (χ4n) is 0.842. The van der Waals surface area contributed by atoms with E-state index < -0.39 is 10.2 Å². The van der Waals surface area contributed by atoms with Gasteiger partial charge in [0.2, 0.25) is 0 Å². The molecule has 0 atom stereocenters. The average Bonchev–Trinajstić information content (AvgIpc) is 2.02. The van der Waals surface area contributed by atoms with Crippen LogP contribution in [0.25, 0.3) is 0 Å². The Labute approximate surface area is 83.7 Å². The molecule has 14 heavy (non-hydrogen) atoms. The highest BCUT2D eigenvalue weighted by atomic mass is 32.2. The van der Waals surface area contributed by atoms with Crippen LogP contribution in [0.3, 0.4) is 0 Å². The number of nitrogens with two attached hydrogens (primary N) is 1.